The van der Waals surface area contributed by atoms with Crippen LogP contribution < -0.4 is 5.32 Å². The lowest BCUT2D eigenvalue weighted by Gasteiger charge is -2.33. The third kappa shape index (κ3) is 2.64. The van der Waals surface area contributed by atoms with E-state index >= 15 is 0 Å². The highest BCUT2D eigenvalue weighted by Crippen LogP contribution is 2.76. The summed E-state index contributed by atoms with van der Waals surface area (Å²) in [6, 6.07) is 4.79. The first kappa shape index (κ1) is 21.6. The molecule has 4 nitrogen and oxygen atoms in total. The second-order valence-electron chi connectivity index (χ2n) is 6.37. The minimum atomic E-state index is -2.15. The molecule has 27 heavy (non-hydrogen) atoms. The van der Waals surface area contributed by atoms with Crippen molar-refractivity contribution in [2.45, 2.75) is 21.0 Å². The number of amides is 1. The Morgan fingerprint density at radius 1 is 1.00 bits per heavy atom. The third-order valence-electron chi connectivity index (χ3n) is 4.92. The second-order valence-corrected chi connectivity index (χ2v) is 10.1. The van der Waals surface area contributed by atoms with Crippen molar-refractivity contribution in [1.82, 2.24) is 0 Å². The van der Waals surface area contributed by atoms with Gasteiger partial charge in [0, 0.05) is 10.7 Å². The van der Waals surface area contributed by atoms with E-state index < -0.39 is 37.8 Å². The van der Waals surface area contributed by atoms with Gasteiger partial charge in [-0.05, 0) is 24.6 Å². The van der Waals surface area contributed by atoms with Crippen LogP contribution in [0.1, 0.15) is 5.56 Å². The lowest BCUT2D eigenvalue weighted by atomic mass is 9.81. The van der Waals surface area contributed by atoms with Crippen LogP contribution in [0.3, 0.4) is 0 Å². The molecule has 146 valence electrons. The number of hydrogen-bond donors (Lipinski definition) is 2. The standard InChI is InChI=1S/C16H10Cl7NO3/c1-5-2-3-6(4-7(5)17)24-12(25)8-9(13(26)27)15(21)11(19)10(18)14(8,20)16(15,22)23/h2-4,8-9H,1H3,(H,24,25)(H,26,27)/t8-,9+,14-,15-/m1/s1. The number of hydrogen-bond acceptors (Lipinski definition) is 2. The summed E-state index contributed by atoms with van der Waals surface area (Å²) in [7, 11) is 0. The smallest absolute Gasteiger partial charge is 0.309 e. The predicted octanol–water partition coefficient (Wildman–Crippen LogP) is 5.75. The highest BCUT2D eigenvalue weighted by atomic mass is 35.5. The number of anilines is 1. The first-order valence-corrected chi connectivity index (χ1v) is 10.1. The number of carbonyl (C=O) groups is 2. The van der Waals surface area contributed by atoms with Crippen LogP contribution in [0.5, 0.6) is 0 Å². The van der Waals surface area contributed by atoms with E-state index in [1.165, 1.54) is 6.07 Å². The summed E-state index contributed by atoms with van der Waals surface area (Å²) >= 11 is 44.1. The molecule has 4 atom stereocenters. The molecule has 2 aliphatic carbocycles. The molecule has 3 rings (SSSR count). The van der Waals surface area contributed by atoms with Crippen molar-refractivity contribution in [1.29, 1.82) is 0 Å². The summed E-state index contributed by atoms with van der Waals surface area (Å²) in [5.74, 6) is -5.35. The molecule has 0 saturated heterocycles. The summed E-state index contributed by atoms with van der Waals surface area (Å²) in [6.07, 6.45) is 0. The van der Waals surface area contributed by atoms with Gasteiger partial charge in [-0.1, -0.05) is 64.1 Å². The van der Waals surface area contributed by atoms with Crippen molar-refractivity contribution in [3.63, 3.8) is 0 Å². The fraction of sp³-hybridized carbons (Fsp3) is 0.375. The number of benzene rings is 1. The van der Waals surface area contributed by atoms with E-state index in [0.717, 1.165) is 5.56 Å². The molecule has 0 heterocycles. The van der Waals surface area contributed by atoms with Crippen molar-refractivity contribution < 1.29 is 14.7 Å². The molecular formula is C16H10Cl7NO3. The summed E-state index contributed by atoms with van der Waals surface area (Å²) in [6.45, 7) is 1.79. The lowest BCUT2D eigenvalue weighted by Crippen LogP contribution is -2.47. The predicted molar refractivity (Wildman–Crippen MR) is 110 cm³/mol. The van der Waals surface area contributed by atoms with Crippen LogP contribution in [0.15, 0.2) is 28.3 Å². The zero-order chi connectivity index (χ0) is 20.5. The minimum Gasteiger partial charge on any atom is -0.481 e. The van der Waals surface area contributed by atoms with E-state index in [0.29, 0.717) is 10.7 Å². The maximum absolute atomic E-state index is 13.0. The van der Waals surface area contributed by atoms with E-state index in [9.17, 15) is 14.7 Å². The largest absolute Gasteiger partial charge is 0.481 e. The molecule has 0 aromatic heterocycles. The normalized spacial score (nSPS) is 34.1. The highest BCUT2D eigenvalue weighted by Gasteiger charge is 2.85. The Morgan fingerprint density at radius 2 is 1.52 bits per heavy atom. The van der Waals surface area contributed by atoms with E-state index in [1.54, 1.807) is 19.1 Å². The van der Waals surface area contributed by atoms with Crippen LogP contribution in [-0.4, -0.2) is 31.1 Å². The Balaban J connectivity index is 2.10. The molecule has 2 N–H and O–H groups in total. The molecule has 2 aliphatic rings. The molecule has 0 unspecified atom stereocenters. The van der Waals surface area contributed by atoms with E-state index in [1.807, 2.05) is 0 Å². The van der Waals surface area contributed by atoms with Gasteiger partial charge in [-0.15, -0.1) is 23.2 Å². The van der Waals surface area contributed by atoms with Gasteiger partial charge in [0.05, 0.1) is 21.9 Å². The van der Waals surface area contributed by atoms with Crippen LogP contribution in [-0.2, 0) is 9.59 Å². The second kappa shape index (κ2) is 6.73. The van der Waals surface area contributed by atoms with Crippen molar-refractivity contribution >= 4 is 98.8 Å². The number of rotatable bonds is 3. The Kier molecular flexibility index (Phi) is 5.39. The maximum Gasteiger partial charge on any atom is 0.309 e. The molecule has 11 heteroatoms. The number of aliphatic carboxylic acids is 1. The average Bonchev–Trinajstić information content (AvgIpc) is 2.78. The fourth-order valence-corrected chi connectivity index (χ4v) is 6.63. The average molecular weight is 512 g/mol. The van der Waals surface area contributed by atoms with Crippen LogP contribution in [0.25, 0.3) is 0 Å². The number of carboxylic acids is 1. The zero-order valence-electron chi connectivity index (χ0n) is 13.3. The molecule has 1 aromatic rings. The lowest BCUT2D eigenvalue weighted by molar-refractivity contribution is -0.146. The van der Waals surface area contributed by atoms with Gasteiger partial charge < -0.3 is 10.4 Å². The number of nitrogens with one attached hydrogen (secondary N) is 1. The third-order valence-corrected chi connectivity index (χ3v) is 9.59. The number of carbonyl (C=O) groups excluding carboxylic acids is 1. The van der Waals surface area contributed by atoms with Crippen LogP contribution in [0, 0.1) is 18.8 Å². The summed E-state index contributed by atoms with van der Waals surface area (Å²) in [4.78, 5) is 20.9. The van der Waals surface area contributed by atoms with E-state index in [2.05, 4.69) is 5.32 Å². The summed E-state index contributed by atoms with van der Waals surface area (Å²) in [5.41, 5.74) is 1.12. The fourth-order valence-electron chi connectivity index (χ4n) is 3.52. The van der Waals surface area contributed by atoms with Gasteiger partial charge in [0.25, 0.3) is 0 Å². The highest BCUT2D eigenvalue weighted by molar-refractivity contribution is 6.66. The van der Waals surface area contributed by atoms with Crippen molar-refractivity contribution in [3.8, 4) is 0 Å². The molecule has 0 aliphatic heterocycles. The van der Waals surface area contributed by atoms with Crippen molar-refractivity contribution in [2.24, 2.45) is 11.8 Å². The number of carboxylic acid groups (broad SMARTS) is 1. The van der Waals surface area contributed by atoms with Gasteiger partial charge in [-0.3, -0.25) is 9.59 Å². The summed E-state index contributed by atoms with van der Waals surface area (Å²) in [5, 5.41) is 12.2. The van der Waals surface area contributed by atoms with Gasteiger partial charge in [-0.2, -0.15) is 0 Å². The summed E-state index contributed by atoms with van der Waals surface area (Å²) < 4.78 is -2.15. The SMILES string of the molecule is Cc1ccc(NC(=O)[C@H]2[C@@H](C(=O)O)[C@@]3(Cl)C(Cl)=C(Cl)[C@@]2(Cl)C3(Cl)Cl)cc1Cl. The van der Waals surface area contributed by atoms with Crippen molar-refractivity contribution in [3.05, 3.63) is 38.8 Å². The molecular weight excluding hydrogens is 502 g/mol. The molecule has 1 aromatic carbocycles. The Labute approximate surface area is 189 Å². The van der Waals surface area contributed by atoms with E-state index in [4.69, 9.17) is 81.2 Å². The molecule has 2 bridgehead atoms. The Morgan fingerprint density at radius 3 is 2.00 bits per heavy atom. The number of allylic oxidation sites excluding steroid dienone is 2. The molecule has 1 fully saturated rings. The van der Waals surface area contributed by atoms with Gasteiger partial charge >= 0.3 is 5.97 Å². The van der Waals surface area contributed by atoms with Gasteiger partial charge in [0.2, 0.25) is 5.91 Å². The Bertz CT molecular complexity index is 902. The van der Waals surface area contributed by atoms with Crippen molar-refractivity contribution in [2.75, 3.05) is 5.32 Å². The number of aryl methyl sites for hydroxylation is 1. The monoisotopic (exact) mass is 509 g/mol. The number of halogens is 7. The first-order chi connectivity index (χ1) is 12.3. The molecule has 0 radical (unpaired) electrons. The van der Waals surface area contributed by atoms with Crippen LogP contribution >= 0.6 is 81.2 Å². The number of fused-ring (bicyclic) bond motifs is 2. The van der Waals surface area contributed by atoms with E-state index in [-0.39, 0.29) is 10.1 Å². The van der Waals surface area contributed by atoms with Gasteiger partial charge in [0.1, 0.15) is 9.75 Å². The number of alkyl halides is 4. The minimum absolute atomic E-state index is 0.259. The topological polar surface area (TPSA) is 66.4 Å². The quantitative estimate of drug-likeness (QED) is 0.507. The maximum atomic E-state index is 13.0. The van der Waals surface area contributed by atoms with Crippen LogP contribution in [0.2, 0.25) is 5.02 Å². The molecule has 0 spiro atoms. The molecule has 1 amide bonds. The molecule has 1 saturated carbocycles. The van der Waals surface area contributed by atoms with Gasteiger partial charge in [0.15, 0.2) is 4.33 Å². The Hall–Kier alpha value is -0.0700. The van der Waals surface area contributed by atoms with Crippen LogP contribution in [0.4, 0.5) is 5.69 Å². The zero-order valence-corrected chi connectivity index (χ0v) is 18.6. The van der Waals surface area contributed by atoms with Gasteiger partial charge in [-0.25, -0.2) is 0 Å². The first-order valence-electron chi connectivity index (χ1n) is 7.43.